The average molecular weight is 537 g/mol. The molecule has 2 fully saturated rings. The van der Waals surface area contributed by atoms with Crippen LogP contribution in [0.25, 0.3) is 0 Å². The molecule has 5 rings (SSSR count). The van der Waals surface area contributed by atoms with E-state index >= 15 is 0 Å². The van der Waals surface area contributed by atoms with Gasteiger partial charge in [-0.05, 0) is 81.5 Å². The van der Waals surface area contributed by atoms with Gasteiger partial charge in [0.25, 0.3) is 11.8 Å². The number of carbonyl (C=O) groups is 2. The lowest BCUT2D eigenvalue weighted by atomic mass is 9.95. The zero-order chi connectivity index (χ0) is 26.6. The number of carbonyl (C=O) groups excluding carboxylic acids is 2. The second kappa shape index (κ2) is 11.7. The van der Waals surface area contributed by atoms with E-state index in [0.717, 1.165) is 48.5 Å². The molecule has 2 aliphatic heterocycles. The number of aryl methyl sites for hydroxylation is 1. The molecule has 0 bridgehead atoms. The lowest BCUT2D eigenvalue weighted by Crippen LogP contribution is -2.52. The predicted molar refractivity (Wildman–Crippen MR) is 145 cm³/mol. The maximum Gasteiger partial charge on any atom is 0.254 e. The molecule has 1 aromatic heterocycles. The molecule has 3 heterocycles. The summed E-state index contributed by atoms with van der Waals surface area (Å²) < 4.78 is 13.4. The van der Waals surface area contributed by atoms with E-state index in [4.69, 9.17) is 0 Å². The van der Waals surface area contributed by atoms with E-state index in [1.54, 1.807) is 47.7 Å². The first-order chi connectivity index (χ1) is 18.4. The van der Waals surface area contributed by atoms with Gasteiger partial charge in [0.05, 0.1) is 18.2 Å². The van der Waals surface area contributed by atoms with E-state index in [2.05, 4.69) is 15.6 Å². The molecule has 7 nitrogen and oxygen atoms in total. The van der Waals surface area contributed by atoms with Gasteiger partial charge in [0.15, 0.2) is 0 Å². The molecule has 0 unspecified atom stereocenters. The molecule has 2 aliphatic rings. The molecule has 2 aromatic carbocycles. The summed E-state index contributed by atoms with van der Waals surface area (Å²) in [5.41, 5.74) is 2.57. The number of amides is 2. The third-order valence-corrected chi connectivity index (χ3v) is 8.48. The Balaban J connectivity index is 1.32. The first-order valence-corrected chi connectivity index (χ1v) is 14.1. The zero-order valence-corrected chi connectivity index (χ0v) is 22.2. The van der Waals surface area contributed by atoms with Crippen molar-refractivity contribution in [3.8, 4) is 0 Å². The van der Waals surface area contributed by atoms with Gasteiger partial charge in [0, 0.05) is 34.8 Å². The van der Waals surface area contributed by atoms with Crippen LogP contribution < -0.4 is 10.6 Å². The largest absolute Gasteiger partial charge is 0.389 e. The van der Waals surface area contributed by atoms with Crippen molar-refractivity contribution in [3.05, 3.63) is 87.1 Å². The fourth-order valence-corrected chi connectivity index (χ4v) is 6.36. The van der Waals surface area contributed by atoms with E-state index in [-0.39, 0.29) is 29.7 Å². The minimum atomic E-state index is -0.816. The highest BCUT2D eigenvalue weighted by Gasteiger charge is 2.34. The van der Waals surface area contributed by atoms with E-state index in [9.17, 15) is 19.1 Å². The molecule has 0 saturated carbocycles. The molecule has 2 amide bonds. The number of aliphatic hydroxyl groups is 1. The SMILES string of the molecule is Cc1csc([C@H]2CCCN2C(=O)c2cccc(C(=O)N[C@H](Cc3ccc(F)cc3)[C@H](O)[C@@H]3CCCN3)c2)n1. The van der Waals surface area contributed by atoms with Crippen molar-refractivity contribution in [2.75, 3.05) is 13.1 Å². The average Bonchev–Trinajstić information content (AvgIpc) is 3.71. The van der Waals surface area contributed by atoms with Crippen LogP contribution in [0.3, 0.4) is 0 Å². The molecule has 0 spiro atoms. The van der Waals surface area contributed by atoms with Gasteiger partial charge in [-0.2, -0.15) is 0 Å². The Bertz CT molecular complexity index is 1270. The van der Waals surface area contributed by atoms with Crippen molar-refractivity contribution < 1.29 is 19.1 Å². The van der Waals surface area contributed by atoms with E-state index < -0.39 is 12.1 Å². The lowest BCUT2D eigenvalue weighted by molar-refractivity contribution is 0.0733. The summed E-state index contributed by atoms with van der Waals surface area (Å²) in [5, 5.41) is 20.4. The summed E-state index contributed by atoms with van der Waals surface area (Å²) in [5.74, 6) is -0.815. The van der Waals surface area contributed by atoms with Gasteiger partial charge in [0.1, 0.15) is 10.8 Å². The van der Waals surface area contributed by atoms with E-state index in [1.807, 2.05) is 17.2 Å². The molecule has 3 aromatic rings. The maximum absolute atomic E-state index is 13.5. The van der Waals surface area contributed by atoms with Crippen molar-refractivity contribution in [3.63, 3.8) is 0 Å². The van der Waals surface area contributed by atoms with Gasteiger partial charge in [0.2, 0.25) is 0 Å². The Morgan fingerprint density at radius 2 is 1.97 bits per heavy atom. The molecule has 38 heavy (non-hydrogen) atoms. The van der Waals surface area contributed by atoms with Gasteiger partial charge >= 0.3 is 0 Å². The molecule has 2 saturated heterocycles. The number of halogens is 1. The maximum atomic E-state index is 13.5. The van der Waals surface area contributed by atoms with Crippen LogP contribution in [-0.2, 0) is 6.42 Å². The second-order valence-electron chi connectivity index (χ2n) is 10.2. The van der Waals surface area contributed by atoms with Crippen molar-refractivity contribution in [1.82, 2.24) is 20.5 Å². The van der Waals surface area contributed by atoms with Gasteiger partial charge < -0.3 is 20.6 Å². The summed E-state index contributed by atoms with van der Waals surface area (Å²) in [6.07, 6.45) is 3.10. The van der Waals surface area contributed by atoms with E-state index in [0.29, 0.717) is 24.1 Å². The molecular formula is C29H33FN4O3S. The minimum Gasteiger partial charge on any atom is -0.389 e. The number of benzene rings is 2. The number of thiazole rings is 1. The zero-order valence-electron chi connectivity index (χ0n) is 21.4. The van der Waals surface area contributed by atoms with Gasteiger partial charge in [-0.1, -0.05) is 18.2 Å². The van der Waals surface area contributed by atoms with Crippen LogP contribution >= 0.6 is 11.3 Å². The van der Waals surface area contributed by atoms with Crippen molar-refractivity contribution in [2.24, 2.45) is 0 Å². The first-order valence-electron chi connectivity index (χ1n) is 13.2. The highest BCUT2D eigenvalue weighted by atomic mass is 32.1. The number of nitrogens with zero attached hydrogens (tertiary/aromatic N) is 2. The van der Waals surface area contributed by atoms with E-state index in [1.165, 1.54) is 12.1 Å². The van der Waals surface area contributed by atoms with Gasteiger partial charge in [-0.15, -0.1) is 11.3 Å². The molecule has 200 valence electrons. The Morgan fingerprint density at radius 3 is 2.68 bits per heavy atom. The fourth-order valence-electron chi connectivity index (χ4n) is 5.42. The van der Waals surface area contributed by atoms with Gasteiger partial charge in [-0.25, -0.2) is 9.37 Å². The standard InChI is InChI=1S/C29H33FN4O3S/c1-18-17-38-28(32-18)25-8-4-14-34(25)29(37)21-6-2-5-20(16-21)27(36)33-24(26(35)23-7-3-13-31-23)15-19-9-11-22(30)12-10-19/h2,5-6,9-12,16-17,23-26,31,35H,3-4,7-8,13-15H2,1H3,(H,33,36)/t23-,24+,25+,26+/m0/s1. The number of rotatable bonds is 8. The number of hydrogen-bond acceptors (Lipinski definition) is 6. The van der Waals surface area contributed by atoms with Crippen molar-refractivity contribution in [2.45, 2.75) is 63.3 Å². The van der Waals surface area contributed by atoms with Crippen molar-refractivity contribution >= 4 is 23.2 Å². The van der Waals surface area contributed by atoms with Crippen LogP contribution in [-0.4, -0.2) is 58.1 Å². The van der Waals surface area contributed by atoms with Crippen LogP contribution in [0.4, 0.5) is 4.39 Å². The minimum absolute atomic E-state index is 0.0483. The molecule has 0 aliphatic carbocycles. The van der Waals surface area contributed by atoms with Crippen LogP contribution in [0.15, 0.2) is 53.9 Å². The number of hydrogen-bond donors (Lipinski definition) is 3. The number of aliphatic hydroxyl groups excluding tert-OH is 1. The third kappa shape index (κ3) is 5.95. The Kier molecular flexibility index (Phi) is 8.16. The van der Waals surface area contributed by atoms with Gasteiger partial charge in [-0.3, -0.25) is 9.59 Å². The quantitative estimate of drug-likeness (QED) is 0.404. The summed E-state index contributed by atoms with van der Waals surface area (Å²) >= 11 is 1.57. The molecule has 9 heteroatoms. The highest BCUT2D eigenvalue weighted by Crippen LogP contribution is 2.34. The van der Waals surface area contributed by atoms with Crippen molar-refractivity contribution in [1.29, 1.82) is 0 Å². The van der Waals surface area contributed by atoms with Crippen LogP contribution in [0, 0.1) is 12.7 Å². The number of aromatic nitrogens is 1. The highest BCUT2D eigenvalue weighted by molar-refractivity contribution is 7.09. The van der Waals surface area contributed by atoms with Crippen LogP contribution in [0.5, 0.6) is 0 Å². The molecular weight excluding hydrogens is 503 g/mol. The monoisotopic (exact) mass is 536 g/mol. The predicted octanol–water partition coefficient (Wildman–Crippen LogP) is 4.02. The Labute approximate surface area is 226 Å². The lowest BCUT2D eigenvalue weighted by Gasteiger charge is -2.29. The number of likely N-dealkylation sites (tertiary alicyclic amines) is 1. The molecule has 0 radical (unpaired) electrons. The summed E-state index contributed by atoms with van der Waals surface area (Å²) in [6.45, 7) is 3.42. The molecule has 3 N–H and O–H groups in total. The summed E-state index contributed by atoms with van der Waals surface area (Å²) in [4.78, 5) is 33.3. The topological polar surface area (TPSA) is 94.6 Å². The summed E-state index contributed by atoms with van der Waals surface area (Å²) in [6, 6.07) is 12.1. The second-order valence-corrected chi connectivity index (χ2v) is 11.1. The normalized spacial score (nSPS) is 20.9. The Hall–Kier alpha value is -3.14. The smallest absolute Gasteiger partial charge is 0.254 e. The van der Waals surface area contributed by atoms with Crippen LogP contribution in [0.1, 0.15) is 68.7 Å². The Morgan fingerprint density at radius 1 is 1.18 bits per heavy atom. The first kappa shape index (κ1) is 26.5. The fraction of sp³-hybridized carbons (Fsp3) is 0.414. The summed E-state index contributed by atoms with van der Waals surface area (Å²) in [7, 11) is 0. The number of nitrogens with one attached hydrogen (secondary N) is 2. The third-order valence-electron chi connectivity index (χ3n) is 7.42. The van der Waals surface area contributed by atoms with Crippen LogP contribution in [0.2, 0.25) is 0 Å². The molecule has 4 atom stereocenters.